The Balaban J connectivity index is 1.32. The van der Waals surface area contributed by atoms with Crippen LogP contribution in [0.25, 0.3) is 0 Å². The van der Waals surface area contributed by atoms with Gasteiger partial charge in [0.15, 0.2) is 9.84 Å². The largest absolute Gasteiger partial charge is 0.310 e. The molecule has 2 fully saturated rings. The van der Waals surface area contributed by atoms with Crippen molar-refractivity contribution in [3.8, 4) is 0 Å². The Kier molecular flexibility index (Phi) is 5.95. The molecule has 0 bridgehead atoms. The van der Waals surface area contributed by atoms with E-state index >= 15 is 0 Å². The van der Waals surface area contributed by atoms with Gasteiger partial charge >= 0.3 is 0 Å². The van der Waals surface area contributed by atoms with Crippen LogP contribution in [-0.2, 0) is 21.1 Å². The van der Waals surface area contributed by atoms with Crippen molar-refractivity contribution in [1.82, 2.24) is 25.0 Å². The average molecular weight is 439 g/mol. The van der Waals surface area contributed by atoms with Gasteiger partial charge in [0.2, 0.25) is 11.1 Å². The van der Waals surface area contributed by atoms with Crippen molar-refractivity contribution >= 4 is 33.3 Å². The maximum absolute atomic E-state index is 12.4. The molecule has 2 aromatic heterocycles. The topological polar surface area (TPSA) is 123 Å². The van der Waals surface area contributed by atoms with E-state index in [1.807, 2.05) is 6.92 Å². The third-order valence-electron chi connectivity index (χ3n) is 5.48. The number of aryl methyl sites for hydroxylation is 1. The highest BCUT2D eigenvalue weighted by molar-refractivity contribution is 7.99. The summed E-state index contributed by atoms with van der Waals surface area (Å²) in [6, 6.07) is 1.53. The molecule has 2 N–H and O–H groups in total. The number of thioether (sulfide) groups is 1. The molecule has 11 heteroatoms. The Morgan fingerprint density at radius 3 is 2.86 bits per heavy atom. The summed E-state index contributed by atoms with van der Waals surface area (Å²) >= 11 is 1.28. The number of aromatic amines is 1. The molecule has 1 unspecified atom stereocenters. The standard InChI is InChI=1S/C18H26N6O3S2/c1-12-8-16(24(23-12)14-6-7-29(26,27)11-14)20-17(25)10-28-18-19-15(21-22-18)9-13-4-2-3-5-13/h8,13-14H,2-7,9-11H2,1H3,(H,20,25)(H,19,21,22). The second-order valence-electron chi connectivity index (χ2n) is 7.93. The van der Waals surface area contributed by atoms with Crippen molar-refractivity contribution in [2.75, 3.05) is 22.6 Å². The number of amides is 1. The van der Waals surface area contributed by atoms with Gasteiger partial charge < -0.3 is 5.32 Å². The van der Waals surface area contributed by atoms with E-state index in [2.05, 4.69) is 25.6 Å². The number of nitrogens with zero attached hydrogens (tertiary/aromatic N) is 4. The third kappa shape index (κ3) is 5.19. The minimum Gasteiger partial charge on any atom is -0.310 e. The first-order valence-corrected chi connectivity index (χ1v) is 12.8. The number of aromatic nitrogens is 5. The predicted octanol–water partition coefficient (Wildman–Crippen LogP) is 2.13. The van der Waals surface area contributed by atoms with Crippen LogP contribution in [0.1, 0.15) is 49.7 Å². The number of sulfone groups is 1. The van der Waals surface area contributed by atoms with Gasteiger partial charge in [-0.1, -0.05) is 37.4 Å². The highest BCUT2D eigenvalue weighted by Crippen LogP contribution is 2.28. The summed E-state index contributed by atoms with van der Waals surface area (Å²) in [5, 5.41) is 15.0. The Morgan fingerprint density at radius 2 is 2.14 bits per heavy atom. The molecule has 0 radical (unpaired) electrons. The van der Waals surface area contributed by atoms with E-state index in [-0.39, 0.29) is 29.2 Å². The fraction of sp³-hybridized carbons (Fsp3) is 0.667. The lowest BCUT2D eigenvalue weighted by Gasteiger charge is -2.13. The van der Waals surface area contributed by atoms with Gasteiger partial charge in [-0.3, -0.25) is 9.89 Å². The van der Waals surface area contributed by atoms with Crippen LogP contribution < -0.4 is 5.32 Å². The maximum Gasteiger partial charge on any atom is 0.235 e. The summed E-state index contributed by atoms with van der Waals surface area (Å²) in [7, 11) is -3.03. The van der Waals surface area contributed by atoms with Gasteiger partial charge in [0.1, 0.15) is 11.6 Å². The van der Waals surface area contributed by atoms with E-state index in [4.69, 9.17) is 0 Å². The van der Waals surface area contributed by atoms with Crippen LogP contribution in [0, 0.1) is 12.8 Å². The SMILES string of the molecule is Cc1cc(NC(=O)CSc2n[nH]c(CC3CCCC3)n2)n(C2CCS(=O)(=O)C2)n1. The summed E-state index contributed by atoms with van der Waals surface area (Å²) in [6.45, 7) is 1.82. The highest BCUT2D eigenvalue weighted by Gasteiger charge is 2.31. The zero-order chi connectivity index (χ0) is 20.4. The van der Waals surface area contributed by atoms with Gasteiger partial charge in [0.05, 0.1) is 29.0 Å². The first-order chi connectivity index (χ1) is 13.9. The monoisotopic (exact) mass is 438 g/mol. The van der Waals surface area contributed by atoms with Crippen molar-refractivity contribution in [1.29, 1.82) is 0 Å². The Labute approximate surface area is 174 Å². The number of carbonyl (C=O) groups excluding carboxylic acids is 1. The molecule has 2 aromatic rings. The molecular formula is C18H26N6O3S2. The molecule has 1 aliphatic carbocycles. The van der Waals surface area contributed by atoms with Crippen molar-refractivity contribution in [2.45, 2.75) is 56.6 Å². The highest BCUT2D eigenvalue weighted by atomic mass is 32.2. The minimum atomic E-state index is -3.03. The van der Waals surface area contributed by atoms with Gasteiger partial charge in [-0.25, -0.2) is 18.1 Å². The van der Waals surface area contributed by atoms with Crippen LogP contribution >= 0.6 is 11.8 Å². The molecule has 1 saturated heterocycles. The second-order valence-corrected chi connectivity index (χ2v) is 11.1. The summed E-state index contributed by atoms with van der Waals surface area (Å²) < 4.78 is 25.2. The van der Waals surface area contributed by atoms with Crippen LogP contribution in [-0.4, -0.2) is 56.5 Å². The van der Waals surface area contributed by atoms with Gasteiger partial charge in [-0.2, -0.15) is 5.10 Å². The van der Waals surface area contributed by atoms with Crippen LogP contribution in [0.5, 0.6) is 0 Å². The Bertz CT molecular complexity index is 978. The number of carbonyl (C=O) groups is 1. The number of anilines is 1. The van der Waals surface area contributed by atoms with E-state index in [1.54, 1.807) is 10.7 Å². The van der Waals surface area contributed by atoms with E-state index < -0.39 is 9.84 Å². The number of H-pyrrole nitrogens is 1. The Morgan fingerprint density at radius 1 is 1.34 bits per heavy atom. The van der Waals surface area contributed by atoms with Crippen molar-refractivity contribution in [3.63, 3.8) is 0 Å². The van der Waals surface area contributed by atoms with Gasteiger partial charge in [0, 0.05) is 12.5 Å². The van der Waals surface area contributed by atoms with Crippen LogP contribution in [0.2, 0.25) is 0 Å². The maximum atomic E-state index is 12.4. The summed E-state index contributed by atoms with van der Waals surface area (Å²) in [4.78, 5) is 16.9. The lowest BCUT2D eigenvalue weighted by Crippen LogP contribution is -2.20. The van der Waals surface area contributed by atoms with Crippen molar-refractivity contribution < 1.29 is 13.2 Å². The summed E-state index contributed by atoms with van der Waals surface area (Å²) in [5.41, 5.74) is 0.739. The van der Waals surface area contributed by atoms with Crippen LogP contribution in [0.3, 0.4) is 0 Å². The first-order valence-electron chi connectivity index (χ1n) is 9.98. The van der Waals surface area contributed by atoms with Gasteiger partial charge in [-0.05, 0) is 19.3 Å². The van der Waals surface area contributed by atoms with Crippen LogP contribution in [0.15, 0.2) is 11.2 Å². The first kappa shape index (κ1) is 20.4. The lowest BCUT2D eigenvalue weighted by molar-refractivity contribution is -0.113. The molecule has 29 heavy (non-hydrogen) atoms. The van der Waals surface area contributed by atoms with E-state index in [1.165, 1.54) is 37.4 Å². The summed E-state index contributed by atoms with van der Waals surface area (Å²) in [6.07, 6.45) is 6.53. The third-order valence-corrected chi connectivity index (χ3v) is 8.08. The number of hydrogen-bond donors (Lipinski definition) is 2. The molecule has 1 aliphatic heterocycles. The predicted molar refractivity (Wildman–Crippen MR) is 111 cm³/mol. The molecule has 158 valence electrons. The Hall–Kier alpha value is -1.88. The molecule has 9 nitrogen and oxygen atoms in total. The molecule has 1 amide bonds. The fourth-order valence-corrected chi connectivity index (χ4v) is 6.40. The van der Waals surface area contributed by atoms with E-state index in [0.717, 1.165) is 17.9 Å². The summed E-state index contributed by atoms with van der Waals surface area (Å²) in [5.74, 6) is 2.31. The van der Waals surface area contributed by atoms with Crippen LogP contribution in [0.4, 0.5) is 5.82 Å². The molecule has 1 saturated carbocycles. The molecule has 1 atom stereocenters. The molecule has 0 spiro atoms. The smallest absolute Gasteiger partial charge is 0.235 e. The molecule has 2 aliphatic rings. The average Bonchev–Trinajstić information content (AvgIpc) is 3.43. The minimum absolute atomic E-state index is 0.0622. The van der Waals surface area contributed by atoms with Gasteiger partial charge in [0.25, 0.3) is 0 Å². The number of nitrogens with one attached hydrogen (secondary N) is 2. The zero-order valence-corrected chi connectivity index (χ0v) is 18.1. The quantitative estimate of drug-likeness (QED) is 0.635. The normalized spacial score (nSPS) is 21.6. The molecular weight excluding hydrogens is 412 g/mol. The van der Waals surface area contributed by atoms with Crippen molar-refractivity contribution in [3.05, 3.63) is 17.6 Å². The number of hydrogen-bond acceptors (Lipinski definition) is 7. The van der Waals surface area contributed by atoms with Crippen molar-refractivity contribution in [2.24, 2.45) is 5.92 Å². The van der Waals surface area contributed by atoms with Gasteiger partial charge in [-0.15, -0.1) is 5.10 Å². The zero-order valence-electron chi connectivity index (χ0n) is 16.4. The molecule has 4 rings (SSSR count). The van der Waals surface area contributed by atoms with E-state index in [0.29, 0.717) is 23.3 Å². The molecule has 0 aromatic carbocycles. The second kappa shape index (κ2) is 8.47. The number of rotatable bonds is 7. The fourth-order valence-electron chi connectivity index (χ4n) is 4.09. The molecule has 3 heterocycles. The van der Waals surface area contributed by atoms with E-state index in [9.17, 15) is 13.2 Å². The lowest BCUT2D eigenvalue weighted by atomic mass is 10.0.